The number of carbonyl (C=O) groups excluding carboxylic acids is 1. The van der Waals surface area contributed by atoms with E-state index in [4.69, 9.17) is 4.74 Å². The molecule has 5 aromatic rings. The molecule has 8 heteroatoms. The minimum atomic E-state index is -0.131. The molecule has 1 atom stereocenters. The van der Waals surface area contributed by atoms with Gasteiger partial charge in [0.2, 0.25) is 5.82 Å². The van der Waals surface area contributed by atoms with Gasteiger partial charge in [-0.05, 0) is 48.2 Å². The van der Waals surface area contributed by atoms with Crippen molar-refractivity contribution in [2.45, 2.75) is 31.3 Å². The van der Waals surface area contributed by atoms with Crippen molar-refractivity contribution in [1.82, 2.24) is 24.6 Å². The average molecular weight is 545 g/mol. The lowest BCUT2D eigenvalue weighted by atomic mass is 9.84. The van der Waals surface area contributed by atoms with Crippen LogP contribution in [0.4, 0.5) is 5.69 Å². The lowest BCUT2D eigenvalue weighted by Gasteiger charge is -2.32. The number of likely N-dealkylation sites (tertiary alicyclic amines) is 1. The number of pyridine rings is 1. The number of benzene rings is 3. The first-order valence-corrected chi connectivity index (χ1v) is 13.9. The number of anilines is 1. The Bertz CT molecular complexity index is 1550. The molecule has 41 heavy (non-hydrogen) atoms. The van der Waals surface area contributed by atoms with E-state index in [1.807, 2.05) is 58.0 Å². The number of hydrogen-bond donors (Lipinski definition) is 1. The van der Waals surface area contributed by atoms with Crippen molar-refractivity contribution < 1.29 is 9.53 Å². The number of hydrogen-bond acceptors (Lipinski definition) is 6. The smallest absolute Gasteiger partial charge is 0.292 e. The van der Waals surface area contributed by atoms with Crippen LogP contribution in [0.15, 0.2) is 109 Å². The van der Waals surface area contributed by atoms with Crippen LogP contribution < -0.4 is 10.1 Å². The van der Waals surface area contributed by atoms with Crippen molar-refractivity contribution >= 4 is 11.6 Å². The Hall–Kier alpha value is -4.98. The zero-order valence-corrected chi connectivity index (χ0v) is 22.9. The number of aromatic nitrogens is 4. The molecule has 1 saturated heterocycles. The molecule has 0 saturated carbocycles. The number of nitrogens with zero attached hydrogens (tertiary/aromatic N) is 5. The van der Waals surface area contributed by atoms with Crippen molar-refractivity contribution in [2.75, 3.05) is 19.0 Å². The van der Waals surface area contributed by atoms with E-state index in [1.54, 1.807) is 19.5 Å². The normalized spacial score (nSPS) is 14.8. The van der Waals surface area contributed by atoms with Crippen molar-refractivity contribution in [2.24, 2.45) is 0 Å². The van der Waals surface area contributed by atoms with Gasteiger partial charge in [0.25, 0.3) is 5.91 Å². The topological polar surface area (TPSA) is 85.2 Å². The first-order valence-electron chi connectivity index (χ1n) is 13.9. The van der Waals surface area contributed by atoms with Gasteiger partial charge in [0.1, 0.15) is 5.75 Å². The summed E-state index contributed by atoms with van der Waals surface area (Å²) >= 11 is 0. The summed E-state index contributed by atoms with van der Waals surface area (Å²) in [5, 5.41) is 12.3. The van der Waals surface area contributed by atoms with E-state index in [-0.39, 0.29) is 23.7 Å². The summed E-state index contributed by atoms with van der Waals surface area (Å²) in [6.07, 6.45) is 5.28. The van der Waals surface area contributed by atoms with Crippen LogP contribution in [0.2, 0.25) is 0 Å². The third kappa shape index (κ3) is 5.54. The second-order valence-corrected chi connectivity index (χ2v) is 10.1. The highest BCUT2D eigenvalue weighted by Gasteiger charge is 2.38. The molecule has 0 unspecified atom stereocenters. The average Bonchev–Trinajstić information content (AvgIpc) is 3.69. The van der Waals surface area contributed by atoms with E-state index < -0.39 is 0 Å². The summed E-state index contributed by atoms with van der Waals surface area (Å²) in [6.45, 7) is 1.03. The molecule has 0 spiro atoms. The SMILES string of the molecule is COc1cccc(NCc2nnc(C(=O)N3CCC[C@@H]3C(c3ccccc3)c3ccccc3)n2-c2cccnc2)c1. The van der Waals surface area contributed by atoms with E-state index >= 15 is 0 Å². The van der Waals surface area contributed by atoms with Crippen molar-refractivity contribution in [1.29, 1.82) is 0 Å². The molecule has 3 aromatic carbocycles. The lowest BCUT2D eigenvalue weighted by Crippen LogP contribution is -2.40. The van der Waals surface area contributed by atoms with Gasteiger partial charge < -0.3 is 15.0 Å². The lowest BCUT2D eigenvalue weighted by molar-refractivity contribution is 0.0710. The Labute approximate surface area is 239 Å². The van der Waals surface area contributed by atoms with Crippen LogP contribution in [-0.4, -0.2) is 50.3 Å². The predicted molar refractivity (Wildman–Crippen MR) is 158 cm³/mol. The fraction of sp³-hybridized carbons (Fsp3) is 0.212. The minimum Gasteiger partial charge on any atom is -0.497 e. The van der Waals surface area contributed by atoms with E-state index in [9.17, 15) is 4.79 Å². The molecule has 206 valence electrons. The van der Waals surface area contributed by atoms with Gasteiger partial charge >= 0.3 is 0 Å². The van der Waals surface area contributed by atoms with Gasteiger partial charge in [-0.3, -0.25) is 14.3 Å². The van der Waals surface area contributed by atoms with Gasteiger partial charge in [-0.25, -0.2) is 0 Å². The fourth-order valence-electron chi connectivity index (χ4n) is 5.72. The summed E-state index contributed by atoms with van der Waals surface area (Å²) in [6, 6.07) is 32.4. The third-order valence-corrected chi connectivity index (χ3v) is 7.61. The van der Waals surface area contributed by atoms with E-state index in [1.165, 1.54) is 11.1 Å². The molecule has 6 rings (SSSR count). The molecule has 1 amide bonds. The number of methoxy groups -OCH3 is 1. The molecule has 3 heterocycles. The van der Waals surface area contributed by atoms with Crippen molar-refractivity contribution in [3.63, 3.8) is 0 Å². The molecule has 1 aliphatic heterocycles. The molecule has 0 radical (unpaired) electrons. The van der Waals surface area contributed by atoms with E-state index in [0.29, 0.717) is 18.9 Å². The van der Waals surface area contributed by atoms with Gasteiger partial charge in [0.05, 0.1) is 25.5 Å². The highest BCUT2D eigenvalue weighted by molar-refractivity contribution is 5.92. The monoisotopic (exact) mass is 544 g/mol. The quantitative estimate of drug-likeness (QED) is 0.256. The van der Waals surface area contributed by atoms with E-state index in [0.717, 1.165) is 30.0 Å². The summed E-state index contributed by atoms with van der Waals surface area (Å²) in [4.78, 5) is 20.6. The molecule has 2 aromatic heterocycles. The van der Waals surface area contributed by atoms with Crippen LogP contribution in [0, 0.1) is 0 Å². The van der Waals surface area contributed by atoms with E-state index in [2.05, 4.69) is 69.0 Å². The molecule has 0 bridgehead atoms. The van der Waals surface area contributed by atoms with Crippen LogP contribution in [0.3, 0.4) is 0 Å². The molecule has 1 N–H and O–H groups in total. The standard InChI is InChI=1S/C33H32N6O2/c1-41-28-17-8-15-26(21-28)35-23-30-36-37-32(39(30)27-16-9-19-34-22-27)33(40)38-20-10-18-29(38)31(24-11-4-2-5-12-24)25-13-6-3-7-14-25/h2-9,11-17,19,21-22,29,31,35H,10,18,20,23H2,1H3/t29-/m1/s1. The van der Waals surface area contributed by atoms with Crippen molar-refractivity contribution in [3.8, 4) is 11.4 Å². The van der Waals surface area contributed by atoms with Crippen LogP contribution in [-0.2, 0) is 6.54 Å². The van der Waals surface area contributed by atoms with Crippen molar-refractivity contribution in [3.05, 3.63) is 132 Å². The summed E-state index contributed by atoms with van der Waals surface area (Å²) in [7, 11) is 1.64. The minimum absolute atomic E-state index is 0.00953. The second kappa shape index (κ2) is 12.0. The zero-order chi connectivity index (χ0) is 28.0. The summed E-state index contributed by atoms with van der Waals surface area (Å²) < 4.78 is 7.17. The number of amides is 1. The largest absolute Gasteiger partial charge is 0.497 e. The Morgan fingerprint density at radius 2 is 1.71 bits per heavy atom. The molecular weight excluding hydrogens is 512 g/mol. The van der Waals surface area contributed by atoms with Crippen LogP contribution >= 0.6 is 0 Å². The Balaban J connectivity index is 1.35. The van der Waals surface area contributed by atoms with Crippen LogP contribution in [0.1, 0.15) is 46.3 Å². The van der Waals surface area contributed by atoms with Gasteiger partial charge in [0.15, 0.2) is 5.82 Å². The number of carbonyl (C=O) groups is 1. The fourth-order valence-corrected chi connectivity index (χ4v) is 5.72. The van der Waals surface area contributed by atoms with Gasteiger partial charge in [-0.15, -0.1) is 10.2 Å². The molecule has 1 fully saturated rings. The molecule has 0 aliphatic carbocycles. The first kappa shape index (κ1) is 26.3. The van der Waals surface area contributed by atoms with Crippen LogP contribution in [0.5, 0.6) is 5.75 Å². The maximum atomic E-state index is 14.3. The molecule has 8 nitrogen and oxygen atoms in total. The predicted octanol–water partition coefficient (Wildman–Crippen LogP) is 5.72. The first-order chi connectivity index (χ1) is 20.2. The summed E-state index contributed by atoms with van der Waals surface area (Å²) in [5.74, 6) is 1.57. The van der Waals surface area contributed by atoms with Crippen LogP contribution in [0.25, 0.3) is 5.69 Å². The zero-order valence-electron chi connectivity index (χ0n) is 22.9. The Morgan fingerprint density at radius 3 is 2.39 bits per heavy atom. The maximum Gasteiger partial charge on any atom is 0.292 e. The highest BCUT2D eigenvalue weighted by atomic mass is 16.5. The second-order valence-electron chi connectivity index (χ2n) is 10.1. The number of nitrogens with one attached hydrogen (secondary N) is 1. The highest BCUT2D eigenvalue weighted by Crippen LogP contribution is 2.37. The number of rotatable bonds is 9. The number of ether oxygens (including phenoxy) is 1. The summed E-state index contributed by atoms with van der Waals surface area (Å²) in [5.41, 5.74) is 4.01. The molecule has 1 aliphatic rings. The molecular formula is C33H32N6O2. The van der Waals surface area contributed by atoms with Gasteiger partial charge in [-0.2, -0.15) is 0 Å². The Kier molecular flexibility index (Phi) is 7.71. The maximum absolute atomic E-state index is 14.3. The third-order valence-electron chi connectivity index (χ3n) is 7.61. The van der Waals surface area contributed by atoms with Gasteiger partial charge in [-0.1, -0.05) is 66.7 Å². The Morgan fingerprint density at radius 1 is 0.951 bits per heavy atom. The van der Waals surface area contributed by atoms with Gasteiger partial charge in [0, 0.05) is 36.5 Å².